The largest absolute Gasteiger partial charge is 0.482 e. The number of carbonyl (C=O) groups excluding carboxylic acids is 2. The van der Waals surface area contributed by atoms with Gasteiger partial charge in [0.1, 0.15) is 11.5 Å². The molecule has 1 aromatic heterocycles. The van der Waals surface area contributed by atoms with Crippen LogP contribution in [0.3, 0.4) is 0 Å². The molecule has 0 aliphatic carbocycles. The molecule has 7 nitrogen and oxygen atoms in total. The molecule has 1 amide bonds. The molecule has 0 atom stereocenters. The lowest BCUT2D eigenvalue weighted by atomic mass is 10.3. The number of hydrogen-bond acceptors (Lipinski definition) is 6. The highest BCUT2D eigenvalue weighted by atomic mass is 79.9. The Morgan fingerprint density at radius 1 is 1.32 bits per heavy atom. The minimum Gasteiger partial charge on any atom is -0.482 e. The summed E-state index contributed by atoms with van der Waals surface area (Å²) in [5.41, 5.74) is 0. The molecule has 2 aromatic rings. The van der Waals surface area contributed by atoms with Gasteiger partial charge in [0.2, 0.25) is 0 Å². The molecule has 1 N–H and O–H groups in total. The SMILES string of the molecule is Cc1cc(NC(=O)COC(=O)COc2cccc(Br)c2)no1. The van der Waals surface area contributed by atoms with Crippen LogP contribution in [0.25, 0.3) is 0 Å². The standard InChI is InChI=1S/C14H13BrN2O5/c1-9-5-12(17-22-9)16-13(18)7-21-14(19)8-20-11-4-2-3-10(15)6-11/h2-6H,7-8H2,1H3,(H,16,17,18). The van der Waals surface area contributed by atoms with Crippen LogP contribution in [0, 0.1) is 6.92 Å². The van der Waals surface area contributed by atoms with Crippen LogP contribution in [0.5, 0.6) is 5.75 Å². The van der Waals surface area contributed by atoms with Gasteiger partial charge in [0.25, 0.3) is 5.91 Å². The molecule has 0 saturated heterocycles. The van der Waals surface area contributed by atoms with E-state index in [4.69, 9.17) is 14.0 Å². The van der Waals surface area contributed by atoms with Gasteiger partial charge in [0, 0.05) is 10.5 Å². The highest BCUT2D eigenvalue weighted by Gasteiger charge is 2.10. The van der Waals surface area contributed by atoms with Crippen LogP contribution in [0.1, 0.15) is 5.76 Å². The Labute approximate surface area is 134 Å². The van der Waals surface area contributed by atoms with Crippen molar-refractivity contribution in [2.75, 3.05) is 18.5 Å². The van der Waals surface area contributed by atoms with Crippen molar-refractivity contribution >= 4 is 33.6 Å². The molecule has 8 heteroatoms. The second kappa shape index (κ2) is 7.60. The molecule has 1 aromatic carbocycles. The van der Waals surface area contributed by atoms with E-state index in [1.807, 2.05) is 6.07 Å². The van der Waals surface area contributed by atoms with Gasteiger partial charge in [-0.25, -0.2) is 4.79 Å². The number of esters is 1. The Balaban J connectivity index is 1.70. The van der Waals surface area contributed by atoms with Crippen LogP contribution in [0.2, 0.25) is 0 Å². The number of ether oxygens (including phenoxy) is 2. The number of nitrogens with zero attached hydrogens (tertiary/aromatic N) is 1. The molecule has 1 heterocycles. The number of benzene rings is 1. The quantitative estimate of drug-likeness (QED) is 0.786. The molecule has 0 bridgehead atoms. The van der Waals surface area contributed by atoms with Crippen LogP contribution in [-0.4, -0.2) is 30.2 Å². The average Bonchev–Trinajstić information content (AvgIpc) is 2.88. The molecule has 0 spiro atoms. The number of amides is 1. The van der Waals surface area contributed by atoms with E-state index < -0.39 is 18.5 Å². The van der Waals surface area contributed by atoms with Crippen molar-refractivity contribution in [2.24, 2.45) is 0 Å². The number of rotatable bonds is 6. The third-order valence-electron chi connectivity index (χ3n) is 2.41. The number of aryl methyl sites for hydroxylation is 1. The molecule has 22 heavy (non-hydrogen) atoms. The molecule has 2 rings (SSSR count). The molecular weight excluding hydrogens is 356 g/mol. The van der Waals surface area contributed by atoms with E-state index in [0.29, 0.717) is 11.5 Å². The van der Waals surface area contributed by atoms with Crippen molar-refractivity contribution in [2.45, 2.75) is 6.92 Å². The van der Waals surface area contributed by atoms with Gasteiger partial charge in [-0.1, -0.05) is 27.2 Å². The van der Waals surface area contributed by atoms with Gasteiger partial charge >= 0.3 is 5.97 Å². The summed E-state index contributed by atoms with van der Waals surface area (Å²) in [4.78, 5) is 23.0. The van der Waals surface area contributed by atoms with Crippen molar-refractivity contribution in [3.8, 4) is 5.75 Å². The summed E-state index contributed by atoms with van der Waals surface area (Å²) >= 11 is 3.29. The molecule has 0 unspecified atom stereocenters. The molecule has 0 saturated carbocycles. The molecular formula is C14H13BrN2O5. The van der Waals surface area contributed by atoms with Gasteiger partial charge in [-0.3, -0.25) is 4.79 Å². The van der Waals surface area contributed by atoms with Crippen LogP contribution in [-0.2, 0) is 14.3 Å². The normalized spacial score (nSPS) is 10.1. The minimum atomic E-state index is -0.647. The van der Waals surface area contributed by atoms with Crippen molar-refractivity contribution in [3.63, 3.8) is 0 Å². The fourth-order valence-electron chi connectivity index (χ4n) is 1.49. The average molecular weight is 369 g/mol. The van der Waals surface area contributed by atoms with Gasteiger partial charge in [0.05, 0.1) is 0 Å². The Bertz CT molecular complexity index is 671. The van der Waals surface area contributed by atoms with Crippen molar-refractivity contribution in [1.29, 1.82) is 0 Å². The molecule has 0 fully saturated rings. The Kier molecular flexibility index (Phi) is 5.54. The summed E-state index contributed by atoms with van der Waals surface area (Å²) in [5, 5.41) is 6.02. The lowest BCUT2D eigenvalue weighted by Crippen LogP contribution is -2.23. The van der Waals surface area contributed by atoms with E-state index in [-0.39, 0.29) is 12.4 Å². The Hall–Kier alpha value is -2.35. The molecule has 0 aliphatic rings. The van der Waals surface area contributed by atoms with E-state index in [2.05, 4.69) is 26.4 Å². The van der Waals surface area contributed by atoms with E-state index in [9.17, 15) is 9.59 Å². The lowest BCUT2D eigenvalue weighted by Gasteiger charge is -2.07. The predicted octanol–water partition coefficient (Wildman–Crippen LogP) is 2.31. The zero-order valence-electron chi connectivity index (χ0n) is 11.7. The van der Waals surface area contributed by atoms with Crippen molar-refractivity contribution < 1.29 is 23.6 Å². The van der Waals surface area contributed by atoms with Crippen molar-refractivity contribution in [1.82, 2.24) is 5.16 Å². The van der Waals surface area contributed by atoms with Gasteiger partial charge in [-0.05, 0) is 25.1 Å². The van der Waals surface area contributed by atoms with E-state index >= 15 is 0 Å². The van der Waals surface area contributed by atoms with Crippen LogP contribution in [0.15, 0.2) is 39.3 Å². The smallest absolute Gasteiger partial charge is 0.344 e. The molecule has 116 valence electrons. The number of aromatic nitrogens is 1. The maximum absolute atomic E-state index is 11.5. The van der Waals surface area contributed by atoms with Gasteiger partial charge in [0.15, 0.2) is 19.0 Å². The lowest BCUT2D eigenvalue weighted by molar-refractivity contribution is -0.149. The fourth-order valence-corrected chi connectivity index (χ4v) is 1.87. The van der Waals surface area contributed by atoms with Crippen molar-refractivity contribution in [3.05, 3.63) is 40.6 Å². The Morgan fingerprint density at radius 3 is 2.82 bits per heavy atom. The predicted molar refractivity (Wildman–Crippen MR) is 80.5 cm³/mol. The first-order chi connectivity index (χ1) is 10.5. The number of carbonyl (C=O) groups is 2. The summed E-state index contributed by atoms with van der Waals surface area (Å²) in [5.74, 6) is 0.197. The highest BCUT2D eigenvalue weighted by molar-refractivity contribution is 9.10. The summed E-state index contributed by atoms with van der Waals surface area (Å²) in [6.07, 6.45) is 0. The van der Waals surface area contributed by atoms with Crippen LogP contribution < -0.4 is 10.1 Å². The fraction of sp³-hybridized carbons (Fsp3) is 0.214. The minimum absolute atomic E-state index is 0.268. The topological polar surface area (TPSA) is 90.7 Å². The number of halogens is 1. The maximum Gasteiger partial charge on any atom is 0.344 e. The second-order valence-electron chi connectivity index (χ2n) is 4.28. The first-order valence-corrected chi connectivity index (χ1v) is 7.09. The number of anilines is 1. The number of nitrogens with one attached hydrogen (secondary N) is 1. The van der Waals surface area contributed by atoms with Gasteiger partial charge in [-0.2, -0.15) is 0 Å². The second-order valence-corrected chi connectivity index (χ2v) is 5.19. The summed E-state index contributed by atoms with van der Waals surface area (Å²) < 4.78 is 15.7. The first kappa shape index (κ1) is 16.0. The summed E-state index contributed by atoms with van der Waals surface area (Å²) in [7, 11) is 0. The monoisotopic (exact) mass is 368 g/mol. The molecule has 0 radical (unpaired) electrons. The first-order valence-electron chi connectivity index (χ1n) is 6.30. The number of hydrogen-bond donors (Lipinski definition) is 1. The van der Waals surface area contributed by atoms with Gasteiger partial charge in [-0.15, -0.1) is 0 Å². The third-order valence-corrected chi connectivity index (χ3v) is 2.91. The van der Waals surface area contributed by atoms with Crippen LogP contribution >= 0.6 is 15.9 Å². The van der Waals surface area contributed by atoms with E-state index in [1.165, 1.54) is 0 Å². The third kappa shape index (κ3) is 5.21. The van der Waals surface area contributed by atoms with Gasteiger partial charge < -0.3 is 19.3 Å². The maximum atomic E-state index is 11.5. The van der Waals surface area contributed by atoms with E-state index in [0.717, 1.165) is 4.47 Å². The summed E-state index contributed by atoms with van der Waals surface area (Å²) in [6, 6.07) is 8.58. The zero-order chi connectivity index (χ0) is 15.9. The van der Waals surface area contributed by atoms with Crippen LogP contribution in [0.4, 0.5) is 5.82 Å². The Morgan fingerprint density at radius 2 is 2.14 bits per heavy atom. The highest BCUT2D eigenvalue weighted by Crippen LogP contribution is 2.17. The molecule has 0 aliphatic heterocycles. The zero-order valence-corrected chi connectivity index (χ0v) is 13.3. The van der Waals surface area contributed by atoms with E-state index in [1.54, 1.807) is 31.2 Å². The summed E-state index contributed by atoms with van der Waals surface area (Å²) in [6.45, 7) is 0.987.